The van der Waals surface area contributed by atoms with Crippen molar-refractivity contribution >= 4 is 0 Å². The topological polar surface area (TPSA) is 38.7 Å². The SMILES string of the molecule is CN(CCCNCC(O)CN1CCCC1)C1CCCCC1. The quantitative estimate of drug-likeness (QED) is 0.635. The summed E-state index contributed by atoms with van der Waals surface area (Å²) in [7, 11) is 2.28. The first-order valence-corrected chi connectivity index (χ1v) is 9.07. The van der Waals surface area contributed by atoms with Gasteiger partial charge >= 0.3 is 0 Å². The minimum absolute atomic E-state index is 0.209. The van der Waals surface area contributed by atoms with Gasteiger partial charge in [0.2, 0.25) is 0 Å². The van der Waals surface area contributed by atoms with Gasteiger partial charge in [-0.05, 0) is 65.3 Å². The van der Waals surface area contributed by atoms with Crippen molar-refractivity contribution in [1.82, 2.24) is 15.1 Å². The molecule has 0 aromatic heterocycles. The zero-order chi connectivity index (χ0) is 14.9. The van der Waals surface area contributed by atoms with Crippen LogP contribution in [0.15, 0.2) is 0 Å². The molecule has 0 bridgehead atoms. The molecular formula is C17H35N3O. The Morgan fingerprint density at radius 2 is 1.86 bits per heavy atom. The number of aliphatic hydroxyl groups is 1. The number of nitrogens with one attached hydrogen (secondary N) is 1. The van der Waals surface area contributed by atoms with Crippen molar-refractivity contribution in [1.29, 1.82) is 0 Å². The lowest BCUT2D eigenvalue weighted by Gasteiger charge is -2.31. The number of hydrogen-bond donors (Lipinski definition) is 2. The van der Waals surface area contributed by atoms with Gasteiger partial charge in [-0.15, -0.1) is 0 Å². The third-order valence-corrected chi connectivity index (χ3v) is 5.11. The van der Waals surface area contributed by atoms with E-state index in [1.54, 1.807) is 0 Å². The predicted octanol–water partition coefficient (Wildman–Crippen LogP) is 1.69. The third-order valence-electron chi connectivity index (χ3n) is 5.11. The summed E-state index contributed by atoms with van der Waals surface area (Å²) in [6.07, 6.45) is 10.6. The summed E-state index contributed by atoms with van der Waals surface area (Å²) < 4.78 is 0. The van der Waals surface area contributed by atoms with Crippen LogP contribution in [-0.4, -0.2) is 73.4 Å². The van der Waals surface area contributed by atoms with E-state index in [0.717, 1.165) is 25.7 Å². The van der Waals surface area contributed by atoms with Gasteiger partial charge in [0.15, 0.2) is 0 Å². The molecule has 2 aliphatic rings. The molecule has 2 rings (SSSR count). The van der Waals surface area contributed by atoms with Gasteiger partial charge in [0.05, 0.1) is 6.10 Å². The summed E-state index contributed by atoms with van der Waals surface area (Å²) in [4.78, 5) is 4.92. The Kier molecular flexibility index (Phi) is 8.01. The normalized spacial score (nSPS) is 23.0. The zero-order valence-electron chi connectivity index (χ0n) is 13.9. The van der Waals surface area contributed by atoms with Crippen LogP contribution in [0.5, 0.6) is 0 Å². The molecule has 124 valence electrons. The molecule has 2 fully saturated rings. The summed E-state index contributed by atoms with van der Waals surface area (Å²) in [6.45, 7) is 6.12. The molecule has 4 nitrogen and oxygen atoms in total. The van der Waals surface area contributed by atoms with Gasteiger partial charge in [-0.1, -0.05) is 19.3 Å². The minimum atomic E-state index is -0.209. The van der Waals surface area contributed by atoms with E-state index in [1.807, 2.05) is 0 Å². The van der Waals surface area contributed by atoms with Crippen molar-refractivity contribution in [3.05, 3.63) is 0 Å². The number of β-amino-alcohol motifs (C(OH)–C–C–N with tert-alkyl or cyclic N) is 1. The molecule has 1 atom stereocenters. The van der Waals surface area contributed by atoms with Crippen LogP contribution in [0.4, 0.5) is 0 Å². The molecule has 0 spiro atoms. The van der Waals surface area contributed by atoms with Crippen LogP contribution in [0.2, 0.25) is 0 Å². The second-order valence-corrected chi connectivity index (χ2v) is 6.99. The maximum absolute atomic E-state index is 10.0. The van der Waals surface area contributed by atoms with E-state index in [-0.39, 0.29) is 6.10 Å². The smallest absolute Gasteiger partial charge is 0.0791 e. The molecular weight excluding hydrogens is 262 g/mol. The van der Waals surface area contributed by atoms with Crippen LogP contribution in [0.1, 0.15) is 51.4 Å². The fourth-order valence-corrected chi connectivity index (χ4v) is 3.75. The Balaban J connectivity index is 1.45. The zero-order valence-corrected chi connectivity index (χ0v) is 13.9. The summed E-state index contributed by atoms with van der Waals surface area (Å²) >= 11 is 0. The highest BCUT2D eigenvalue weighted by atomic mass is 16.3. The van der Waals surface area contributed by atoms with Crippen molar-refractivity contribution in [2.45, 2.75) is 63.5 Å². The second kappa shape index (κ2) is 9.78. The van der Waals surface area contributed by atoms with E-state index in [9.17, 15) is 5.11 Å². The monoisotopic (exact) mass is 297 g/mol. The van der Waals surface area contributed by atoms with Gasteiger partial charge in [0.25, 0.3) is 0 Å². The highest BCUT2D eigenvalue weighted by Gasteiger charge is 2.17. The number of nitrogens with zero attached hydrogens (tertiary/aromatic N) is 2. The standard InChI is InChI=1S/C17H35N3O/c1-19(16-8-3-2-4-9-16)11-7-10-18-14-17(21)15-20-12-5-6-13-20/h16-18,21H,2-15H2,1H3. The molecule has 1 aliphatic carbocycles. The van der Waals surface area contributed by atoms with Crippen LogP contribution in [0.3, 0.4) is 0 Å². The van der Waals surface area contributed by atoms with Crippen LogP contribution < -0.4 is 5.32 Å². The second-order valence-electron chi connectivity index (χ2n) is 6.99. The minimum Gasteiger partial charge on any atom is -0.390 e. The van der Waals surface area contributed by atoms with E-state index >= 15 is 0 Å². The highest BCUT2D eigenvalue weighted by Crippen LogP contribution is 2.21. The molecule has 0 aromatic rings. The van der Waals surface area contributed by atoms with E-state index < -0.39 is 0 Å². The summed E-state index contributed by atoms with van der Waals surface area (Å²) in [5.41, 5.74) is 0. The summed E-state index contributed by atoms with van der Waals surface area (Å²) in [5, 5.41) is 13.4. The van der Waals surface area contributed by atoms with Gasteiger partial charge in [0, 0.05) is 19.1 Å². The number of hydrogen-bond acceptors (Lipinski definition) is 4. The molecule has 0 radical (unpaired) electrons. The average molecular weight is 297 g/mol. The van der Waals surface area contributed by atoms with Crippen molar-refractivity contribution in [3.63, 3.8) is 0 Å². The summed E-state index contributed by atoms with van der Waals surface area (Å²) in [5.74, 6) is 0. The van der Waals surface area contributed by atoms with E-state index in [4.69, 9.17) is 0 Å². The fraction of sp³-hybridized carbons (Fsp3) is 1.00. The number of likely N-dealkylation sites (tertiary alicyclic amines) is 1. The molecule has 4 heteroatoms. The molecule has 1 unspecified atom stereocenters. The Bertz CT molecular complexity index is 263. The van der Waals surface area contributed by atoms with Crippen molar-refractivity contribution in [2.24, 2.45) is 0 Å². The first-order valence-electron chi connectivity index (χ1n) is 9.07. The van der Waals surface area contributed by atoms with Gasteiger partial charge < -0.3 is 20.2 Å². The van der Waals surface area contributed by atoms with Crippen LogP contribution in [0, 0.1) is 0 Å². The number of aliphatic hydroxyl groups excluding tert-OH is 1. The number of rotatable bonds is 9. The Morgan fingerprint density at radius 1 is 1.14 bits per heavy atom. The lowest BCUT2D eigenvalue weighted by molar-refractivity contribution is 0.123. The van der Waals surface area contributed by atoms with Gasteiger partial charge in [-0.3, -0.25) is 0 Å². The Morgan fingerprint density at radius 3 is 2.57 bits per heavy atom. The average Bonchev–Trinajstić information content (AvgIpc) is 3.00. The van der Waals surface area contributed by atoms with E-state index in [1.165, 1.54) is 71.0 Å². The van der Waals surface area contributed by atoms with Gasteiger partial charge in [0.1, 0.15) is 0 Å². The molecule has 21 heavy (non-hydrogen) atoms. The van der Waals surface area contributed by atoms with Crippen LogP contribution in [0.25, 0.3) is 0 Å². The Hall–Kier alpha value is -0.160. The predicted molar refractivity (Wildman–Crippen MR) is 88.7 cm³/mol. The van der Waals surface area contributed by atoms with Crippen molar-refractivity contribution in [3.8, 4) is 0 Å². The van der Waals surface area contributed by atoms with Gasteiger partial charge in [-0.2, -0.15) is 0 Å². The lowest BCUT2D eigenvalue weighted by atomic mass is 9.94. The molecule has 1 heterocycles. The Labute approximate surface area is 130 Å². The van der Waals surface area contributed by atoms with Crippen molar-refractivity contribution < 1.29 is 5.11 Å². The maximum Gasteiger partial charge on any atom is 0.0791 e. The highest BCUT2D eigenvalue weighted by molar-refractivity contribution is 4.74. The molecule has 1 saturated carbocycles. The third kappa shape index (κ3) is 6.64. The first-order chi connectivity index (χ1) is 10.3. The van der Waals surface area contributed by atoms with E-state index in [0.29, 0.717) is 0 Å². The molecule has 0 aromatic carbocycles. The molecule has 0 amide bonds. The lowest BCUT2D eigenvalue weighted by Crippen LogP contribution is -2.38. The first kappa shape index (κ1) is 17.2. The van der Waals surface area contributed by atoms with Crippen LogP contribution in [-0.2, 0) is 0 Å². The molecule has 1 aliphatic heterocycles. The fourth-order valence-electron chi connectivity index (χ4n) is 3.75. The summed E-state index contributed by atoms with van der Waals surface area (Å²) in [6, 6.07) is 0.819. The van der Waals surface area contributed by atoms with Gasteiger partial charge in [-0.25, -0.2) is 0 Å². The largest absolute Gasteiger partial charge is 0.390 e. The van der Waals surface area contributed by atoms with Crippen LogP contribution >= 0.6 is 0 Å². The molecule has 2 N–H and O–H groups in total. The maximum atomic E-state index is 10.0. The molecule has 1 saturated heterocycles. The van der Waals surface area contributed by atoms with E-state index in [2.05, 4.69) is 22.2 Å². The van der Waals surface area contributed by atoms with Crippen molar-refractivity contribution in [2.75, 3.05) is 46.3 Å².